The fourth-order valence-electron chi connectivity index (χ4n) is 6.02. The van der Waals surface area contributed by atoms with Crippen LogP contribution in [0.2, 0.25) is 0 Å². The monoisotopic (exact) mass is 951 g/mol. The molecule has 0 aliphatic heterocycles. The van der Waals surface area contributed by atoms with Crippen LogP contribution in [0.25, 0.3) is 0 Å². The van der Waals surface area contributed by atoms with Gasteiger partial charge in [-0.1, -0.05) is 168 Å². The molecule has 300 valence electrons. The van der Waals surface area contributed by atoms with E-state index < -0.39 is 0 Å². The highest BCUT2D eigenvalue weighted by molar-refractivity contribution is 9.11. The van der Waals surface area contributed by atoms with E-state index in [9.17, 15) is 0 Å². The van der Waals surface area contributed by atoms with Crippen LogP contribution in [0.1, 0.15) is 116 Å². The molecule has 0 saturated heterocycles. The first-order valence-electron chi connectivity index (χ1n) is 19.6. The van der Waals surface area contributed by atoms with Crippen LogP contribution in [-0.2, 0) is 28.1 Å². The summed E-state index contributed by atoms with van der Waals surface area (Å²) in [6.45, 7) is 27.0. The predicted octanol–water partition coefficient (Wildman–Crippen LogP) is 16.4. The lowest BCUT2D eigenvalue weighted by Gasteiger charge is -2.27. The molecule has 0 aliphatic rings. The summed E-state index contributed by atoms with van der Waals surface area (Å²) in [6.07, 6.45) is 1.01. The number of nitrogens with zero attached hydrogens (tertiary/aromatic N) is 3. The van der Waals surface area contributed by atoms with Crippen LogP contribution in [0.5, 0.6) is 0 Å². The molecule has 2 aromatic heterocycles. The van der Waals surface area contributed by atoms with E-state index in [4.69, 9.17) is 4.98 Å². The van der Waals surface area contributed by atoms with Crippen LogP contribution in [0, 0.1) is 0 Å². The van der Waals surface area contributed by atoms with E-state index in [2.05, 4.69) is 238 Å². The van der Waals surface area contributed by atoms with Crippen molar-refractivity contribution in [2.24, 2.45) is 0 Å². The maximum Gasteiger partial charge on any atom is 0.138 e. The number of hydrogen-bond acceptors (Lipinski definition) is 3. The molecule has 3 nitrogen and oxygen atoms in total. The van der Waals surface area contributed by atoms with E-state index >= 15 is 0 Å². The Hall–Kier alpha value is -3.58. The van der Waals surface area contributed by atoms with Crippen molar-refractivity contribution in [1.82, 2.24) is 9.97 Å². The maximum atomic E-state index is 4.71. The molecule has 6 heteroatoms. The minimum atomic E-state index is 0.131. The van der Waals surface area contributed by atoms with Crippen molar-refractivity contribution in [3.8, 4) is 0 Å². The molecule has 6 rings (SSSR count). The van der Waals surface area contributed by atoms with Crippen LogP contribution in [0.15, 0.2) is 147 Å². The van der Waals surface area contributed by atoms with Crippen molar-refractivity contribution in [3.63, 3.8) is 0 Å². The average molecular weight is 955 g/mol. The Kier molecular flexibility index (Phi) is 15.7. The number of anilines is 3. The Balaban J connectivity index is 0.000000217. The predicted molar refractivity (Wildman–Crippen MR) is 257 cm³/mol. The Morgan fingerprint density at radius 2 is 0.649 bits per heavy atom. The van der Waals surface area contributed by atoms with Crippen molar-refractivity contribution in [2.45, 2.75) is 111 Å². The van der Waals surface area contributed by atoms with Gasteiger partial charge in [0.25, 0.3) is 0 Å². The third-order valence-electron chi connectivity index (χ3n) is 9.64. The number of halogens is 3. The fourth-order valence-corrected chi connectivity index (χ4v) is 7.28. The second-order valence-electron chi connectivity index (χ2n) is 18.6. The first-order chi connectivity index (χ1) is 26.5. The molecule has 0 saturated carbocycles. The second kappa shape index (κ2) is 19.4. The first kappa shape index (κ1) is 46.1. The van der Waals surface area contributed by atoms with Gasteiger partial charge in [-0.3, -0.25) is 4.90 Å². The number of rotatable bonds is 5. The smallest absolute Gasteiger partial charge is 0.138 e. The summed E-state index contributed by atoms with van der Waals surface area (Å²) in [5.41, 5.74) is 11.1. The SMILES string of the molecule is Brc1cccc(Br)n1.CC(C)(C)c1ccc(Cc2ccc(C(C)(C)C)cc2)cc1.CC(C)(C)c1ccc(N(c2ccc(C(C)(C)C)cc2)c2cccc(Br)n2)cc1. The largest absolute Gasteiger partial charge is 0.295 e. The van der Waals surface area contributed by atoms with Crippen LogP contribution in [-0.4, -0.2) is 9.97 Å². The molecule has 57 heavy (non-hydrogen) atoms. The molecule has 0 radical (unpaired) electrons. The molecule has 0 spiro atoms. The Bertz CT molecular complexity index is 2020. The highest BCUT2D eigenvalue weighted by Crippen LogP contribution is 2.36. The average Bonchev–Trinajstić information content (AvgIpc) is 3.12. The van der Waals surface area contributed by atoms with E-state index in [0.717, 1.165) is 37.4 Å². The lowest BCUT2D eigenvalue weighted by molar-refractivity contribution is 0.589. The molecule has 0 unspecified atom stereocenters. The molecule has 0 fully saturated rings. The van der Waals surface area contributed by atoms with Gasteiger partial charge in [-0.15, -0.1) is 0 Å². The number of benzene rings is 4. The van der Waals surface area contributed by atoms with E-state index in [1.165, 1.54) is 33.4 Å². The zero-order valence-corrected chi connectivity index (χ0v) is 40.6. The number of hydrogen-bond donors (Lipinski definition) is 0. The van der Waals surface area contributed by atoms with Gasteiger partial charge >= 0.3 is 0 Å². The standard InChI is InChI=1S/C25H29BrN2.C21H28.C5H3Br2N/c1-24(2,3)18-10-14-20(15-11-18)28(23-9-7-8-22(26)27-23)21-16-12-19(13-17-21)25(4,5)6;1-20(2,3)18-11-7-16(8-12-18)15-17-9-13-19(14-10-17)21(4,5)6;6-4-2-1-3-5(7)8-4/h7-17H,1-6H3;7-14H,15H2,1-6H3;1-3H. The van der Waals surface area contributed by atoms with Gasteiger partial charge < -0.3 is 0 Å². The van der Waals surface area contributed by atoms with Gasteiger partial charge in [-0.25, -0.2) is 9.97 Å². The summed E-state index contributed by atoms with van der Waals surface area (Å²) in [7, 11) is 0. The molecule has 0 bridgehead atoms. The summed E-state index contributed by atoms with van der Waals surface area (Å²) in [5.74, 6) is 0.890. The zero-order valence-electron chi connectivity index (χ0n) is 35.9. The summed E-state index contributed by atoms with van der Waals surface area (Å²) >= 11 is 9.96. The van der Waals surface area contributed by atoms with Crippen molar-refractivity contribution in [1.29, 1.82) is 0 Å². The van der Waals surface area contributed by atoms with Crippen molar-refractivity contribution in [2.75, 3.05) is 4.90 Å². The highest BCUT2D eigenvalue weighted by atomic mass is 79.9. The van der Waals surface area contributed by atoms with Gasteiger partial charge in [0.05, 0.1) is 0 Å². The van der Waals surface area contributed by atoms with E-state index in [0.29, 0.717) is 0 Å². The molecule has 6 aromatic rings. The molecular weight excluding hydrogens is 894 g/mol. The molecular formula is C51H60Br3N3. The lowest BCUT2D eigenvalue weighted by atomic mass is 9.85. The van der Waals surface area contributed by atoms with Crippen LogP contribution < -0.4 is 4.90 Å². The molecule has 0 atom stereocenters. The molecule has 2 heterocycles. The summed E-state index contributed by atoms with van der Waals surface area (Å²) in [4.78, 5) is 10.9. The third-order valence-corrected chi connectivity index (χ3v) is 11.0. The second-order valence-corrected chi connectivity index (χ2v) is 21.0. The summed E-state index contributed by atoms with van der Waals surface area (Å²) in [6, 6.07) is 47.4. The van der Waals surface area contributed by atoms with Crippen molar-refractivity contribution in [3.05, 3.63) is 181 Å². The Morgan fingerprint density at radius 1 is 0.368 bits per heavy atom. The topological polar surface area (TPSA) is 29.0 Å². The van der Waals surface area contributed by atoms with Gasteiger partial charge in [0.15, 0.2) is 0 Å². The first-order valence-corrected chi connectivity index (χ1v) is 22.0. The molecule has 4 aromatic carbocycles. The normalized spacial score (nSPS) is 11.8. The summed E-state index contributed by atoms with van der Waals surface area (Å²) < 4.78 is 2.53. The number of aromatic nitrogens is 2. The van der Waals surface area contributed by atoms with Gasteiger partial charge in [-0.05, 0) is 158 Å². The van der Waals surface area contributed by atoms with Crippen LogP contribution in [0.3, 0.4) is 0 Å². The molecule has 0 aliphatic carbocycles. The van der Waals surface area contributed by atoms with Gasteiger partial charge in [0.2, 0.25) is 0 Å². The van der Waals surface area contributed by atoms with E-state index in [1.54, 1.807) is 0 Å². The zero-order chi connectivity index (χ0) is 42.2. The lowest BCUT2D eigenvalue weighted by Crippen LogP contribution is -2.15. The molecule has 0 N–H and O–H groups in total. The summed E-state index contributed by atoms with van der Waals surface area (Å²) in [5, 5.41) is 0. The Morgan fingerprint density at radius 3 is 0.912 bits per heavy atom. The fraction of sp³-hybridized carbons (Fsp3) is 0.333. The van der Waals surface area contributed by atoms with Gasteiger partial charge in [0.1, 0.15) is 19.6 Å². The Labute approximate surface area is 369 Å². The van der Waals surface area contributed by atoms with E-state index in [1.807, 2.05) is 36.4 Å². The van der Waals surface area contributed by atoms with Crippen LogP contribution in [0.4, 0.5) is 17.2 Å². The quantitative estimate of drug-likeness (QED) is 0.161. The van der Waals surface area contributed by atoms with Gasteiger partial charge in [0, 0.05) is 11.4 Å². The molecule has 0 amide bonds. The van der Waals surface area contributed by atoms with E-state index in [-0.39, 0.29) is 21.7 Å². The number of pyridine rings is 2. The maximum absolute atomic E-state index is 4.71. The van der Waals surface area contributed by atoms with Crippen molar-refractivity contribution >= 4 is 65.0 Å². The van der Waals surface area contributed by atoms with Crippen molar-refractivity contribution < 1.29 is 0 Å². The van der Waals surface area contributed by atoms with Gasteiger partial charge in [-0.2, -0.15) is 0 Å². The minimum absolute atomic E-state index is 0.131. The minimum Gasteiger partial charge on any atom is -0.295 e. The van der Waals surface area contributed by atoms with Crippen LogP contribution >= 0.6 is 47.8 Å². The third kappa shape index (κ3) is 14.3. The highest BCUT2D eigenvalue weighted by Gasteiger charge is 2.19.